The van der Waals surface area contributed by atoms with E-state index in [9.17, 15) is 9.59 Å². The second kappa shape index (κ2) is 5.81. The first kappa shape index (κ1) is 14.6. The molecule has 0 bridgehead atoms. The lowest BCUT2D eigenvalue weighted by molar-refractivity contribution is -0.121. The monoisotopic (exact) mass is 314 g/mol. The second-order valence-electron chi connectivity index (χ2n) is 5.29. The van der Waals surface area contributed by atoms with Crippen molar-refractivity contribution in [2.24, 2.45) is 0 Å². The summed E-state index contributed by atoms with van der Waals surface area (Å²) in [7, 11) is 0. The third-order valence-corrected chi connectivity index (χ3v) is 3.94. The Kier molecular flexibility index (Phi) is 3.86. The zero-order valence-corrected chi connectivity index (χ0v) is 12.8. The van der Waals surface area contributed by atoms with Gasteiger partial charge in [0.25, 0.3) is 5.91 Å². The molecule has 1 heterocycles. The van der Waals surface area contributed by atoms with Gasteiger partial charge in [0, 0.05) is 0 Å². The number of carbonyl (C=O) groups excluding carboxylic acids is 2. The summed E-state index contributed by atoms with van der Waals surface area (Å²) in [5.74, 6) is -0.462. The number of hydrogen-bond donors (Lipinski definition) is 1. The number of nitrogens with one attached hydrogen (secondary N) is 1. The first-order valence-corrected chi connectivity index (χ1v) is 7.38. The average Bonchev–Trinajstić information content (AvgIpc) is 2.76. The molecule has 0 aromatic heterocycles. The highest BCUT2D eigenvalue weighted by Gasteiger charge is 2.39. The van der Waals surface area contributed by atoms with Crippen LogP contribution in [-0.4, -0.2) is 17.9 Å². The predicted octanol–water partition coefficient (Wildman–Crippen LogP) is 3.39. The van der Waals surface area contributed by atoms with E-state index < -0.39 is 6.04 Å². The quantitative estimate of drug-likeness (QED) is 0.883. The van der Waals surface area contributed by atoms with Crippen molar-refractivity contribution in [1.29, 1.82) is 0 Å². The SMILES string of the molecule is Cc1cccc(N2C(=O)C[C@@H](Nc3ccccc3Cl)C2=O)c1. The van der Waals surface area contributed by atoms with Gasteiger partial charge in [0.05, 0.1) is 22.8 Å². The van der Waals surface area contributed by atoms with Gasteiger partial charge >= 0.3 is 0 Å². The highest BCUT2D eigenvalue weighted by molar-refractivity contribution is 6.33. The molecular formula is C17H15ClN2O2. The minimum atomic E-state index is -0.590. The Labute approximate surface area is 133 Å². The Hall–Kier alpha value is -2.33. The van der Waals surface area contributed by atoms with Gasteiger partial charge in [-0.3, -0.25) is 9.59 Å². The van der Waals surface area contributed by atoms with Crippen LogP contribution in [0.5, 0.6) is 0 Å². The number of imide groups is 1. The van der Waals surface area contributed by atoms with Crippen LogP contribution in [0.2, 0.25) is 5.02 Å². The summed E-state index contributed by atoms with van der Waals surface area (Å²) in [5.41, 5.74) is 2.26. The fourth-order valence-electron chi connectivity index (χ4n) is 2.55. The van der Waals surface area contributed by atoms with Crippen molar-refractivity contribution in [3.63, 3.8) is 0 Å². The molecule has 0 radical (unpaired) electrons. The standard InChI is InChI=1S/C17H15ClN2O2/c1-11-5-4-6-12(9-11)20-16(21)10-15(17(20)22)19-14-8-3-2-7-13(14)18/h2-9,15,19H,10H2,1H3/t15-/m1/s1. The van der Waals surface area contributed by atoms with Crippen molar-refractivity contribution in [3.8, 4) is 0 Å². The maximum Gasteiger partial charge on any atom is 0.256 e. The second-order valence-corrected chi connectivity index (χ2v) is 5.69. The first-order valence-electron chi connectivity index (χ1n) is 7.01. The normalized spacial score (nSPS) is 17.9. The number of para-hydroxylation sites is 1. The van der Waals surface area contributed by atoms with Crippen LogP contribution in [0.1, 0.15) is 12.0 Å². The van der Waals surface area contributed by atoms with Crippen LogP contribution < -0.4 is 10.2 Å². The summed E-state index contributed by atoms with van der Waals surface area (Å²) in [5, 5.41) is 3.58. The van der Waals surface area contributed by atoms with Gasteiger partial charge in [-0.2, -0.15) is 0 Å². The molecular weight excluding hydrogens is 300 g/mol. The number of hydrogen-bond acceptors (Lipinski definition) is 3. The number of anilines is 2. The highest BCUT2D eigenvalue weighted by Crippen LogP contribution is 2.28. The van der Waals surface area contributed by atoms with Crippen LogP contribution in [0.4, 0.5) is 11.4 Å². The Morgan fingerprint density at radius 1 is 1.14 bits per heavy atom. The summed E-state index contributed by atoms with van der Waals surface area (Å²) in [4.78, 5) is 26.0. The number of rotatable bonds is 3. The molecule has 1 atom stereocenters. The molecule has 3 rings (SSSR count). The molecule has 0 unspecified atom stereocenters. The predicted molar refractivity (Wildman–Crippen MR) is 87.2 cm³/mol. The van der Waals surface area contributed by atoms with E-state index in [-0.39, 0.29) is 18.2 Å². The first-order chi connectivity index (χ1) is 10.6. The van der Waals surface area contributed by atoms with E-state index in [1.54, 1.807) is 18.2 Å². The summed E-state index contributed by atoms with van der Waals surface area (Å²) >= 11 is 6.09. The fraction of sp³-hybridized carbons (Fsp3) is 0.176. The Morgan fingerprint density at radius 3 is 2.64 bits per heavy atom. The molecule has 2 aromatic carbocycles. The maximum atomic E-state index is 12.5. The molecule has 1 fully saturated rings. The molecule has 1 aliphatic heterocycles. The lowest BCUT2D eigenvalue weighted by atomic mass is 10.2. The third kappa shape index (κ3) is 2.70. The smallest absolute Gasteiger partial charge is 0.256 e. The summed E-state index contributed by atoms with van der Waals surface area (Å²) in [6.45, 7) is 1.92. The summed E-state index contributed by atoms with van der Waals surface area (Å²) in [6, 6.07) is 13.9. The van der Waals surface area contributed by atoms with E-state index in [0.29, 0.717) is 16.4 Å². The van der Waals surface area contributed by atoms with Gasteiger partial charge in [0.2, 0.25) is 5.91 Å². The van der Waals surface area contributed by atoms with Crippen LogP contribution >= 0.6 is 11.6 Å². The molecule has 2 amide bonds. The minimum Gasteiger partial charge on any atom is -0.372 e. The highest BCUT2D eigenvalue weighted by atomic mass is 35.5. The minimum absolute atomic E-state index is 0.123. The lowest BCUT2D eigenvalue weighted by Crippen LogP contribution is -2.34. The van der Waals surface area contributed by atoms with Gasteiger partial charge in [0.15, 0.2) is 0 Å². The Bertz CT molecular complexity index is 745. The van der Waals surface area contributed by atoms with Crippen LogP contribution in [0.15, 0.2) is 48.5 Å². The number of nitrogens with zero attached hydrogens (tertiary/aromatic N) is 1. The Morgan fingerprint density at radius 2 is 1.91 bits per heavy atom. The molecule has 1 aliphatic rings. The van der Waals surface area contributed by atoms with E-state index in [4.69, 9.17) is 11.6 Å². The van der Waals surface area contributed by atoms with E-state index in [1.165, 1.54) is 4.90 Å². The van der Waals surface area contributed by atoms with E-state index in [0.717, 1.165) is 5.56 Å². The van der Waals surface area contributed by atoms with Gasteiger partial charge < -0.3 is 5.32 Å². The molecule has 2 aromatic rings. The summed E-state index contributed by atoms with van der Waals surface area (Å²) in [6.07, 6.45) is 0.123. The topological polar surface area (TPSA) is 49.4 Å². The van der Waals surface area contributed by atoms with Crippen LogP contribution in [0.3, 0.4) is 0 Å². The molecule has 112 valence electrons. The molecule has 1 N–H and O–H groups in total. The van der Waals surface area contributed by atoms with Crippen molar-refractivity contribution in [1.82, 2.24) is 0 Å². The maximum absolute atomic E-state index is 12.5. The molecule has 0 saturated carbocycles. The molecule has 0 spiro atoms. The fourth-order valence-corrected chi connectivity index (χ4v) is 2.74. The number of carbonyl (C=O) groups is 2. The number of benzene rings is 2. The average molecular weight is 315 g/mol. The zero-order valence-electron chi connectivity index (χ0n) is 12.0. The zero-order chi connectivity index (χ0) is 15.7. The van der Waals surface area contributed by atoms with Crippen molar-refractivity contribution in [2.75, 3.05) is 10.2 Å². The molecule has 4 nitrogen and oxygen atoms in total. The van der Waals surface area contributed by atoms with Gasteiger partial charge in [-0.1, -0.05) is 35.9 Å². The van der Waals surface area contributed by atoms with Crippen molar-refractivity contribution < 1.29 is 9.59 Å². The van der Waals surface area contributed by atoms with Crippen molar-refractivity contribution in [2.45, 2.75) is 19.4 Å². The van der Waals surface area contributed by atoms with Crippen LogP contribution in [0.25, 0.3) is 0 Å². The molecule has 1 saturated heterocycles. The van der Waals surface area contributed by atoms with E-state index >= 15 is 0 Å². The Balaban J connectivity index is 1.84. The number of aryl methyl sites for hydroxylation is 1. The number of amides is 2. The van der Waals surface area contributed by atoms with E-state index in [1.807, 2.05) is 37.3 Å². The van der Waals surface area contributed by atoms with Gasteiger partial charge in [-0.25, -0.2) is 4.90 Å². The van der Waals surface area contributed by atoms with Gasteiger partial charge in [-0.15, -0.1) is 0 Å². The molecule has 5 heteroatoms. The van der Waals surface area contributed by atoms with Gasteiger partial charge in [0.1, 0.15) is 6.04 Å². The lowest BCUT2D eigenvalue weighted by Gasteiger charge is -2.17. The van der Waals surface area contributed by atoms with Gasteiger partial charge in [-0.05, 0) is 36.8 Å². The summed E-state index contributed by atoms with van der Waals surface area (Å²) < 4.78 is 0. The number of halogens is 1. The van der Waals surface area contributed by atoms with E-state index in [2.05, 4.69) is 5.32 Å². The molecule has 0 aliphatic carbocycles. The van der Waals surface area contributed by atoms with Crippen LogP contribution in [0, 0.1) is 6.92 Å². The van der Waals surface area contributed by atoms with Crippen molar-refractivity contribution >= 4 is 34.8 Å². The van der Waals surface area contributed by atoms with Crippen LogP contribution in [-0.2, 0) is 9.59 Å². The third-order valence-electron chi connectivity index (χ3n) is 3.61. The van der Waals surface area contributed by atoms with Crippen molar-refractivity contribution in [3.05, 3.63) is 59.1 Å². The largest absolute Gasteiger partial charge is 0.372 e. The molecule has 22 heavy (non-hydrogen) atoms.